The van der Waals surface area contributed by atoms with Crippen LogP contribution in [0.3, 0.4) is 0 Å². The van der Waals surface area contributed by atoms with Gasteiger partial charge in [0.15, 0.2) is 0 Å². The molecule has 0 atom stereocenters. The van der Waals surface area contributed by atoms with Crippen LogP contribution in [0, 0.1) is 6.92 Å². The normalized spacial score (nSPS) is 11.2. The number of fused-ring (bicyclic) bond motifs is 1. The fraction of sp³-hybridized carbons (Fsp3) is 0.167. The zero-order valence-corrected chi connectivity index (χ0v) is 10.3. The Hall–Kier alpha value is 0.550. The van der Waals surface area contributed by atoms with Gasteiger partial charge in [0, 0.05) is 0 Å². The Morgan fingerprint density at radius 1 is 1.18 bits per heavy atom. The lowest BCUT2D eigenvalue weighted by molar-refractivity contribution is 1.35. The van der Waals surface area contributed by atoms with Crippen LogP contribution in [0.5, 0.6) is 0 Å². The number of hydrogen-bond acceptors (Lipinski definition) is 3. The van der Waals surface area contributed by atoms with Crippen LogP contribution in [0.15, 0.2) is 7.57 Å². The van der Waals surface area contributed by atoms with Gasteiger partial charge in [-0.15, -0.1) is 22.7 Å². The second kappa shape index (κ2) is 2.80. The Morgan fingerprint density at radius 3 is 2.55 bits per heavy atom. The number of rotatable bonds is 0. The molecule has 2 aromatic rings. The van der Waals surface area contributed by atoms with Crippen LogP contribution in [-0.2, 0) is 0 Å². The molecule has 0 spiro atoms. The summed E-state index contributed by atoms with van der Waals surface area (Å²) in [6.45, 7) is 2.02. The van der Waals surface area contributed by atoms with Crippen LogP contribution in [-0.4, -0.2) is 4.98 Å². The van der Waals surface area contributed by atoms with E-state index >= 15 is 0 Å². The Kier molecular flexibility index (Phi) is 2.07. The van der Waals surface area contributed by atoms with Crippen LogP contribution in [0.4, 0.5) is 0 Å². The molecule has 0 aliphatic carbocycles. The Balaban J connectivity index is 2.92. The number of thiophene rings is 1. The van der Waals surface area contributed by atoms with Gasteiger partial charge in [-0.25, -0.2) is 4.98 Å². The molecule has 0 aromatic carbocycles. The molecule has 0 radical (unpaired) electrons. The molecule has 0 unspecified atom stereocenters. The Morgan fingerprint density at radius 2 is 1.91 bits per heavy atom. The number of thiazole rings is 1. The quantitative estimate of drug-likeness (QED) is 0.711. The standard InChI is InChI=1S/C6H3Br2NS2/c1-2-9-3-4(10-2)6(8)11-5(3)7/h1H3. The van der Waals surface area contributed by atoms with Crippen molar-refractivity contribution in [2.75, 3.05) is 0 Å². The lowest BCUT2D eigenvalue weighted by Crippen LogP contribution is -1.63. The van der Waals surface area contributed by atoms with Crippen molar-refractivity contribution in [2.24, 2.45) is 0 Å². The smallest absolute Gasteiger partial charge is 0.108 e. The number of hydrogen-bond donors (Lipinski definition) is 0. The Labute approximate surface area is 88.7 Å². The predicted octanol–water partition coefficient (Wildman–Crippen LogP) is 4.19. The molecule has 2 rings (SSSR count). The molecule has 0 fully saturated rings. The second-order valence-corrected chi connectivity index (χ2v) is 6.92. The van der Waals surface area contributed by atoms with E-state index in [1.165, 1.54) is 8.49 Å². The first-order chi connectivity index (χ1) is 5.18. The van der Waals surface area contributed by atoms with Gasteiger partial charge in [-0.2, -0.15) is 0 Å². The van der Waals surface area contributed by atoms with Crippen LogP contribution in [0.25, 0.3) is 10.2 Å². The minimum atomic E-state index is 1.09. The van der Waals surface area contributed by atoms with Gasteiger partial charge in [0.1, 0.15) is 5.52 Å². The van der Waals surface area contributed by atoms with Gasteiger partial charge in [0.2, 0.25) is 0 Å². The fourth-order valence-corrected chi connectivity index (χ4v) is 5.00. The van der Waals surface area contributed by atoms with Crippen molar-refractivity contribution in [2.45, 2.75) is 6.92 Å². The predicted molar refractivity (Wildman–Crippen MR) is 57.6 cm³/mol. The van der Waals surface area contributed by atoms with E-state index in [4.69, 9.17) is 0 Å². The van der Waals surface area contributed by atoms with Crippen molar-refractivity contribution in [1.29, 1.82) is 0 Å². The highest BCUT2D eigenvalue weighted by Crippen LogP contribution is 2.41. The first kappa shape index (κ1) is 8.16. The summed E-state index contributed by atoms with van der Waals surface area (Å²) >= 11 is 10.4. The highest BCUT2D eigenvalue weighted by Gasteiger charge is 2.10. The summed E-state index contributed by atoms with van der Waals surface area (Å²) in [5.41, 5.74) is 1.09. The zero-order valence-electron chi connectivity index (χ0n) is 5.52. The van der Waals surface area contributed by atoms with Gasteiger partial charge in [-0.3, -0.25) is 0 Å². The summed E-state index contributed by atoms with van der Waals surface area (Å²) in [7, 11) is 0. The van der Waals surface area contributed by atoms with Gasteiger partial charge in [-0.05, 0) is 38.8 Å². The molecular formula is C6H3Br2NS2. The molecule has 11 heavy (non-hydrogen) atoms. The molecule has 0 bridgehead atoms. The third-order valence-corrected chi connectivity index (χ3v) is 5.16. The summed E-state index contributed by atoms with van der Waals surface area (Å²) in [6, 6.07) is 0. The average molecular weight is 313 g/mol. The summed E-state index contributed by atoms with van der Waals surface area (Å²) in [4.78, 5) is 4.39. The van der Waals surface area contributed by atoms with Crippen LogP contribution in [0.1, 0.15) is 5.01 Å². The minimum Gasteiger partial charge on any atom is -0.239 e. The van der Waals surface area contributed by atoms with E-state index in [0.717, 1.165) is 14.3 Å². The maximum absolute atomic E-state index is 4.39. The number of aryl methyl sites for hydroxylation is 1. The van der Waals surface area contributed by atoms with Crippen molar-refractivity contribution < 1.29 is 0 Å². The van der Waals surface area contributed by atoms with Crippen LogP contribution >= 0.6 is 54.5 Å². The third-order valence-electron chi connectivity index (χ3n) is 1.28. The van der Waals surface area contributed by atoms with E-state index in [9.17, 15) is 0 Å². The van der Waals surface area contributed by atoms with Gasteiger partial charge in [-0.1, -0.05) is 0 Å². The number of halogens is 2. The maximum atomic E-state index is 4.39. The van der Waals surface area contributed by atoms with Crippen molar-refractivity contribution in [3.8, 4) is 0 Å². The first-order valence-corrected chi connectivity index (χ1v) is 6.11. The van der Waals surface area contributed by atoms with Crippen molar-refractivity contribution >= 4 is 64.8 Å². The fourth-order valence-electron chi connectivity index (χ4n) is 0.867. The molecule has 0 amide bonds. The second-order valence-electron chi connectivity index (χ2n) is 2.06. The van der Waals surface area contributed by atoms with E-state index in [1.54, 1.807) is 22.7 Å². The zero-order chi connectivity index (χ0) is 8.01. The summed E-state index contributed by atoms with van der Waals surface area (Å²) in [5, 5.41) is 1.12. The van der Waals surface area contributed by atoms with E-state index in [-0.39, 0.29) is 0 Å². The van der Waals surface area contributed by atoms with Crippen LogP contribution < -0.4 is 0 Å². The van der Waals surface area contributed by atoms with Crippen LogP contribution in [0.2, 0.25) is 0 Å². The molecular weight excluding hydrogens is 310 g/mol. The molecule has 2 heterocycles. The van der Waals surface area contributed by atoms with E-state index < -0.39 is 0 Å². The van der Waals surface area contributed by atoms with Gasteiger partial charge < -0.3 is 0 Å². The lowest BCUT2D eigenvalue weighted by Gasteiger charge is -1.76. The third kappa shape index (κ3) is 1.28. The molecule has 0 aliphatic heterocycles. The molecule has 0 aliphatic rings. The highest BCUT2D eigenvalue weighted by atomic mass is 79.9. The summed E-state index contributed by atoms with van der Waals surface area (Å²) in [6.07, 6.45) is 0. The van der Waals surface area contributed by atoms with Gasteiger partial charge in [0.05, 0.1) is 17.3 Å². The molecule has 0 saturated carbocycles. The minimum absolute atomic E-state index is 1.09. The van der Waals surface area contributed by atoms with Gasteiger partial charge >= 0.3 is 0 Å². The maximum Gasteiger partial charge on any atom is 0.108 e. The average Bonchev–Trinajstić information content (AvgIpc) is 2.38. The first-order valence-electron chi connectivity index (χ1n) is 2.89. The molecule has 0 N–H and O–H groups in total. The topological polar surface area (TPSA) is 12.9 Å². The molecule has 1 nitrogen and oxygen atoms in total. The monoisotopic (exact) mass is 311 g/mol. The number of aromatic nitrogens is 1. The van der Waals surface area contributed by atoms with Crippen molar-refractivity contribution in [3.63, 3.8) is 0 Å². The molecule has 2 aromatic heterocycles. The van der Waals surface area contributed by atoms with Gasteiger partial charge in [0.25, 0.3) is 0 Å². The molecule has 58 valence electrons. The largest absolute Gasteiger partial charge is 0.239 e. The van der Waals surface area contributed by atoms with E-state index in [1.807, 2.05) is 6.92 Å². The SMILES string of the molecule is Cc1nc2c(Br)sc(Br)c2s1. The molecule has 5 heteroatoms. The lowest BCUT2D eigenvalue weighted by atomic mass is 10.6. The Bertz CT molecular complexity index is 369. The van der Waals surface area contributed by atoms with Crippen molar-refractivity contribution in [1.82, 2.24) is 4.98 Å². The van der Waals surface area contributed by atoms with Crippen molar-refractivity contribution in [3.05, 3.63) is 12.6 Å². The summed E-state index contributed by atoms with van der Waals surface area (Å²) in [5.74, 6) is 0. The number of nitrogens with zero attached hydrogens (tertiary/aromatic N) is 1. The van der Waals surface area contributed by atoms with E-state index in [0.29, 0.717) is 0 Å². The summed E-state index contributed by atoms with van der Waals surface area (Å²) < 4.78 is 3.54. The molecule has 0 saturated heterocycles. The van der Waals surface area contributed by atoms with E-state index in [2.05, 4.69) is 36.8 Å². The highest BCUT2D eigenvalue weighted by molar-refractivity contribution is 9.12.